The molecule has 0 saturated carbocycles. The van der Waals surface area contributed by atoms with Gasteiger partial charge in [-0.3, -0.25) is 0 Å². The Labute approximate surface area is 73.2 Å². The third-order valence-corrected chi connectivity index (χ3v) is 1.73. The fourth-order valence-electron chi connectivity index (χ4n) is 1.18. The summed E-state index contributed by atoms with van der Waals surface area (Å²) >= 11 is 0. The van der Waals surface area contributed by atoms with Crippen molar-refractivity contribution in [1.29, 1.82) is 0 Å². The third-order valence-electron chi connectivity index (χ3n) is 1.73. The Bertz CT molecular complexity index is 253. The highest BCUT2D eigenvalue weighted by Gasteiger charge is 2.05. The lowest BCUT2D eigenvalue weighted by atomic mass is 10.2. The number of hydrogen-bond acceptors (Lipinski definition) is 3. The van der Waals surface area contributed by atoms with Crippen LogP contribution in [0.3, 0.4) is 0 Å². The maximum absolute atomic E-state index is 5.51. The number of hydrogen-bond donors (Lipinski definition) is 1. The van der Waals surface area contributed by atoms with Crippen LogP contribution in [-0.4, -0.2) is 19.0 Å². The molecule has 0 aliphatic heterocycles. The first-order chi connectivity index (χ1) is 5.63. The van der Waals surface area contributed by atoms with Crippen molar-refractivity contribution in [2.75, 3.05) is 14.1 Å². The first-order valence-corrected chi connectivity index (χ1v) is 4.06. The van der Waals surface area contributed by atoms with Crippen molar-refractivity contribution >= 4 is 0 Å². The van der Waals surface area contributed by atoms with Gasteiger partial charge in [-0.25, -0.2) is 0 Å². The first-order valence-electron chi connectivity index (χ1n) is 4.06. The lowest BCUT2D eigenvalue weighted by Crippen LogP contribution is -2.09. The standard InChI is InChI=1S/C9H16N2O/c1-7-4-8(6-11(2)3)12-9(7)5-10/h4H,5-6,10H2,1-3H3. The summed E-state index contributed by atoms with van der Waals surface area (Å²) in [5.74, 6) is 1.88. The summed E-state index contributed by atoms with van der Waals surface area (Å²) in [6.45, 7) is 3.34. The molecular weight excluding hydrogens is 152 g/mol. The minimum Gasteiger partial charge on any atom is -0.463 e. The molecule has 0 aromatic carbocycles. The summed E-state index contributed by atoms with van der Waals surface area (Å²) in [5, 5.41) is 0. The molecule has 3 heteroatoms. The highest BCUT2D eigenvalue weighted by Crippen LogP contribution is 2.14. The van der Waals surface area contributed by atoms with E-state index in [1.165, 1.54) is 0 Å². The second-order valence-corrected chi connectivity index (χ2v) is 3.26. The van der Waals surface area contributed by atoms with Crippen molar-refractivity contribution in [3.63, 3.8) is 0 Å². The number of nitrogens with zero attached hydrogens (tertiary/aromatic N) is 1. The largest absolute Gasteiger partial charge is 0.463 e. The highest BCUT2D eigenvalue weighted by atomic mass is 16.3. The molecule has 2 N–H and O–H groups in total. The van der Waals surface area contributed by atoms with E-state index < -0.39 is 0 Å². The molecule has 0 radical (unpaired) electrons. The molecule has 0 amide bonds. The molecule has 0 saturated heterocycles. The zero-order valence-corrected chi connectivity index (χ0v) is 7.92. The van der Waals surface area contributed by atoms with Gasteiger partial charge in [-0.1, -0.05) is 0 Å². The van der Waals surface area contributed by atoms with E-state index in [9.17, 15) is 0 Å². The minimum absolute atomic E-state index is 0.485. The molecule has 1 heterocycles. The van der Waals surface area contributed by atoms with Crippen LogP contribution in [0.5, 0.6) is 0 Å². The number of furan rings is 1. The zero-order valence-electron chi connectivity index (χ0n) is 7.92. The van der Waals surface area contributed by atoms with Crippen LogP contribution in [0.15, 0.2) is 10.5 Å². The third kappa shape index (κ3) is 2.09. The van der Waals surface area contributed by atoms with E-state index in [0.29, 0.717) is 6.54 Å². The minimum atomic E-state index is 0.485. The second-order valence-electron chi connectivity index (χ2n) is 3.26. The summed E-state index contributed by atoms with van der Waals surface area (Å²) in [7, 11) is 4.03. The molecule has 0 fully saturated rings. The Kier molecular flexibility index (Phi) is 2.89. The van der Waals surface area contributed by atoms with Crippen LogP contribution >= 0.6 is 0 Å². The lowest BCUT2D eigenvalue weighted by molar-refractivity contribution is 0.342. The number of rotatable bonds is 3. The molecule has 0 bridgehead atoms. The summed E-state index contributed by atoms with van der Waals surface area (Å²) in [5.41, 5.74) is 6.63. The molecule has 1 aromatic rings. The Morgan fingerprint density at radius 2 is 2.17 bits per heavy atom. The van der Waals surface area contributed by atoms with Crippen molar-refractivity contribution in [3.05, 3.63) is 23.2 Å². The summed E-state index contributed by atoms with van der Waals surface area (Å²) in [6.07, 6.45) is 0. The van der Waals surface area contributed by atoms with E-state index in [2.05, 4.69) is 4.90 Å². The Morgan fingerprint density at radius 3 is 2.58 bits per heavy atom. The highest BCUT2D eigenvalue weighted by molar-refractivity contribution is 5.19. The summed E-state index contributed by atoms with van der Waals surface area (Å²) in [4.78, 5) is 2.07. The molecule has 68 valence electrons. The van der Waals surface area contributed by atoms with Gasteiger partial charge in [-0.2, -0.15) is 0 Å². The lowest BCUT2D eigenvalue weighted by Gasteiger charge is -2.05. The molecule has 12 heavy (non-hydrogen) atoms. The predicted octanol–water partition coefficient (Wildman–Crippen LogP) is 1.11. The van der Waals surface area contributed by atoms with Crippen molar-refractivity contribution in [2.45, 2.75) is 20.0 Å². The van der Waals surface area contributed by atoms with E-state index in [4.69, 9.17) is 10.2 Å². The quantitative estimate of drug-likeness (QED) is 0.735. The predicted molar refractivity (Wildman–Crippen MR) is 48.7 cm³/mol. The topological polar surface area (TPSA) is 42.4 Å². The van der Waals surface area contributed by atoms with Crippen LogP contribution in [0.25, 0.3) is 0 Å². The Balaban J connectivity index is 2.75. The van der Waals surface area contributed by atoms with Crippen LogP contribution in [0.2, 0.25) is 0 Å². The SMILES string of the molecule is Cc1cc(CN(C)C)oc1CN. The van der Waals surface area contributed by atoms with E-state index in [0.717, 1.165) is 23.6 Å². The Hall–Kier alpha value is -0.800. The molecular formula is C9H16N2O. The van der Waals surface area contributed by atoms with Gasteiger partial charge in [-0.15, -0.1) is 0 Å². The van der Waals surface area contributed by atoms with E-state index in [1.54, 1.807) is 0 Å². The fraction of sp³-hybridized carbons (Fsp3) is 0.556. The van der Waals surface area contributed by atoms with Gasteiger partial charge in [-0.05, 0) is 32.6 Å². The van der Waals surface area contributed by atoms with Crippen LogP contribution in [-0.2, 0) is 13.1 Å². The molecule has 0 spiro atoms. The molecule has 0 aliphatic carbocycles. The van der Waals surface area contributed by atoms with Crippen LogP contribution in [0.1, 0.15) is 17.1 Å². The van der Waals surface area contributed by atoms with Crippen LogP contribution in [0.4, 0.5) is 0 Å². The van der Waals surface area contributed by atoms with Crippen LogP contribution < -0.4 is 5.73 Å². The maximum Gasteiger partial charge on any atom is 0.120 e. The Morgan fingerprint density at radius 1 is 1.50 bits per heavy atom. The average Bonchev–Trinajstić information content (AvgIpc) is 2.29. The summed E-state index contributed by atoms with van der Waals surface area (Å²) in [6, 6.07) is 2.04. The van der Waals surface area contributed by atoms with E-state index in [1.807, 2.05) is 27.1 Å². The summed E-state index contributed by atoms with van der Waals surface area (Å²) < 4.78 is 5.51. The molecule has 1 aromatic heterocycles. The van der Waals surface area contributed by atoms with Crippen molar-refractivity contribution in [3.8, 4) is 0 Å². The van der Waals surface area contributed by atoms with Crippen molar-refractivity contribution in [1.82, 2.24) is 4.90 Å². The van der Waals surface area contributed by atoms with Crippen molar-refractivity contribution < 1.29 is 4.42 Å². The fourth-order valence-corrected chi connectivity index (χ4v) is 1.18. The van der Waals surface area contributed by atoms with Crippen molar-refractivity contribution in [2.24, 2.45) is 5.73 Å². The molecule has 3 nitrogen and oxygen atoms in total. The molecule has 0 aliphatic rings. The average molecular weight is 168 g/mol. The maximum atomic E-state index is 5.51. The smallest absolute Gasteiger partial charge is 0.120 e. The number of nitrogens with two attached hydrogens (primary N) is 1. The zero-order chi connectivity index (χ0) is 9.14. The molecule has 1 rings (SSSR count). The van der Waals surface area contributed by atoms with Gasteiger partial charge in [0.05, 0.1) is 13.1 Å². The monoisotopic (exact) mass is 168 g/mol. The van der Waals surface area contributed by atoms with Gasteiger partial charge in [0, 0.05) is 0 Å². The molecule has 0 unspecified atom stereocenters. The van der Waals surface area contributed by atoms with Gasteiger partial charge in [0.2, 0.25) is 0 Å². The van der Waals surface area contributed by atoms with Gasteiger partial charge in [0.25, 0.3) is 0 Å². The van der Waals surface area contributed by atoms with Gasteiger partial charge >= 0.3 is 0 Å². The van der Waals surface area contributed by atoms with E-state index in [-0.39, 0.29) is 0 Å². The first kappa shape index (κ1) is 9.29. The van der Waals surface area contributed by atoms with Gasteiger partial charge < -0.3 is 15.1 Å². The second kappa shape index (κ2) is 3.74. The van der Waals surface area contributed by atoms with E-state index >= 15 is 0 Å². The van der Waals surface area contributed by atoms with Gasteiger partial charge in [0.15, 0.2) is 0 Å². The normalized spacial score (nSPS) is 11.1. The number of aryl methyl sites for hydroxylation is 1. The van der Waals surface area contributed by atoms with Crippen LogP contribution in [0, 0.1) is 6.92 Å². The molecule has 0 atom stereocenters. The van der Waals surface area contributed by atoms with Gasteiger partial charge in [0.1, 0.15) is 11.5 Å².